The van der Waals surface area contributed by atoms with Crippen molar-refractivity contribution in [3.05, 3.63) is 41.6 Å². The van der Waals surface area contributed by atoms with Crippen LogP contribution in [0, 0.1) is 6.92 Å². The molecule has 1 aliphatic rings. The molecular weight excluding hydrogens is 316 g/mol. The molecule has 0 unspecified atom stereocenters. The van der Waals surface area contributed by atoms with Gasteiger partial charge < -0.3 is 15.0 Å². The molecule has 0 aliphatic carbocycles. The molecule has 25 heavy (non-hydrogen) atoms. The quantitative estimate of drug-likeness (QED) is 0.856. The fourth-order valence-corrected chi connectivity index (χ4v) is 3.05. The summed E-state index contributed by atoms with van der Waals surface area (Å²) in [5.74, 6) is 1.06. The highest BCUT2D eigenvalue weighted by Crippen LogP contribution is 2.23. The van der Waals surface area contributed by atoms with Crippen LogP contribution in [0.5, 0.6) is 0 Å². The van der Waals surface area contributed by atoms with Gasteiger partial charge in [-0.1, -0.05) is 25.0 Å². The molecule has 1 aromatic heterocycles. The summed E-state index contributed by atoms with van der Waals surface area (Å²) in [6.45, 7) is 3.93. The number of rotatable bonds is 4. The number of nitrogens with zero attached hydrogens (tertiary/aromatic N) is 3. The number of carbonyl (C=O) groups excluding carboxylic acids is 1. The number of benzene rings is 1. The number of aryl methyl sites for hydroxylation is 1. The van der Waals surface area contributed by atoms with Crippen molar-refractivity contribution in [3.63, 3.8) is 0 Å². The Morgan fingerprint density at radius 1 is 1.12 bits per heavy atom. The van der Waals surface area contributed by atoms with E-state index in [1.807, 2.05) is 31.2 Å². The van der Waals surface area contributed by atoms with Crippen LogP contribution in [0.2, 0.25) is 0 Å². The van der Waals surface area contributed by atoms with Gasteiger partial charge in [0, 0.05) is 24.8 Å². The summed E-state index contributed by atoms with van der Waals surface area (Å²) in [5.41, 5.74) is 2.05. The van der Waals surface area contributed by atoms with Gasteiger partial charge >= 0.3 is 5.97 Å². The fourth-order valence-electron chi connectivity index (χ4n) is 3.05. The number of esters is 1. The molecule has 3 rings (SSSR count). The summed E-state index contributed by atoms with van der Waals surface area (Å²) in [7, 11) is 1.38. The maximum absolute atomic E-state index is 11.9. The van der Waals surface area contributed by atoms with Crippen LogP contribution in [-0.4, -0.2) is 36.1 Å². The first kappa shape index (κ1) is 17.2. The van der Waals surface area contributed by atoms with Crippen molar-refractivity contribution < 1.29 is 9.53 Å². The molecule has 1 fully saturated rings. The van der Waals surface area contributed by atoms with Crippen molar-refractivity contribution in [2.45, 2.75) is 32.6 Å². The number of ether oxygens (including phenoxy) is 1. The number of anilines is 3. The molecule has 0 bridgehead atoms. The van der Waals surface area contributed by atoms with Crippen LogP contribution in [-0.2, 0) is 4.74 Å². The summed E-state index contributed by atoms with van der Waals surface area (Å²) >= 11 is 0. The maximum atomic E-state index is 11.9. The Morgan fingerprint density at radius 2 is 1.84 bits per heavy atom. The van der Waals surface area contributed by atoms with E-state index in [1.54, 1.807) is 6.07 Å². The Hall–Kier alpha value is -2.63. The molecule has 0 radical (unpaired) electrons. The van der Waals surface area contributed by atoms with Crippen LogP contribution in [0.25, 0.3) is 0 Å². The second-order valence-corrected chi connectivity index (χ2v) is 6.26. The van der Waals surface area contributed by atoms with Gasteiger partial charge in [0.05, 0.1) is 18.4 Å². The van der Waals surface area contributed by atoms with E-state index in [0.717, 1.165) is 24.7 Å². The normalized spacial score (nSPS) is 14.7. The van der Waals surface area contributed by atoms with Crippen LogP contribution >= 0.6 is 0 Å². The van der Waals surface area contributed by atoms with E-state index in [9.17, 15) is 4.79 Å². The molecule has 2 aromatic rings. The monoisotopic (exact) mass is 340 g/mol. The number of hydrogen-bond donors (Lipinski definition) is 1. The van der Waals surface area contributed by atoms with Crippen LogP contribution in [0.4, 0.5) is 17.5 Å². The second-order valence-electron chi connectivity index (χ2n) is 6.26. The lowest BCUT2D eigenvalue weighted by Gasteiger charge is -2.21. The van der Waals surface area contributed by atoms with E-state index in [0.29, 0.717) is 17.1 Å². The minimum Gasteiger partial charge on any atom is -0.465 e. The van der Waals surface area contributed by atoms with Gasteiger partial charge in [0.15, 0.2) is 0 Å². The van der Waals surface area contributed by atoms with Gasteiger partial charge in [0.1, 0.15) is 5.82 Å². The third-order valence-corrected chi connectivity index (χ3v) is 4.33. The van der Waals surface area contributed by atoms with Crippen LogP contribution in [0.1, 0.15) is 41.7 Å². The fraction of sp³-hybridized carbons (Fsp3) is 0.421. The van der Waals surface area contributed by atoms with Gasteiger partial charge in [0.2, 0.25) is 5.95 Å². The minimum absolute atomic E-state index is 0.374. The average Bonchev–Trinajstić information content (AvgIpc) is 2.90. The SMILES string of the molecule is COC(=O)c1ccccc1Nc1cc(C)nc(N2CCCCCC2)n1. The van der Waals surface area contributed by atoms with E-state index in [2.05, 4.69) is 20.2 Å². The standard InChI is InChI=1S/C19H24N4O2/c1-14-13-17(21-16-10-6-5-9-15(16)18(24)25-2)22-19(20-14)23-11-7-3-4-8-12-23/h5-6,9-10,13H,3-4,7-8,11-12H2,1-2H3,(H,20,21,22). The zero-order chi connectivity index (χ0) is 17.6. The van der Waals surface area contributed by atoms with Crippen molar-refractivity contribution in [3.8, 4) is 0 Å². The van der Waals surface area contributed by atoms with Crippen LogP contribution in [0.3, 0.4) is 0 Å². The maximum Gasteiger partial charge on any atom is 0.339 e. The topological polar surface area (TPSA) is 67.3 Å². The molecule has 6 nitrogen and oxygen atoms in total. The molecule has 6 heteroatoms. The summed E-state index contributed by atoms with van der Waals surface area (Å²) in [6, 6.07) is 9.15. The molecule has 0 spiro atoms. The highest BCUT2D eigenvalue weighted by Gasteiger charge is 2.15. The summed E-state index contributed by atoms with van der Waals surface area (Å²) < 4.78 is 4.85. The highest BCUT2D eigenvalue weighted by molar-refractivity contribution is 5.96. The third kappa shape index (κ3) is 4.26. The number of hydrogen-bond acceptors (Lipinski definition) is 6. The van der Waals surface area contributed by atoms with Crippen molar-refractivity contribution in [1.29, 1.82) is 0 Å². The first-order valence-electron chi connectivity index (χ1n) is 8.72. The molecule has 1 aromatic carbocycles. The largest absolute Gasteiger partial charge is 0.465 e. The number of methoxy groups -OCH3 is 1. The summed E-state index contributed by atoms with van der Waals surface area (Å²) in [6.07, 6.45) is 4.87. The van der Waals surface area contributed by atoms with Gasteiger partial charge in [-0.3, -0.25) is 0 Å². The zero-order valence-corrected chi connectivity index (χ0v) is 14.8. The number of nitrogens with one attached hydrogen (secondary N) is 1. The van der Waals surface area contributed by atoms with Gasteiger partial charge in [-0.05, 0) is 31.9 Å². The molecule has 0 atom stereocenters. The predicted molar refractivity (Wildman–Crippen MR) is 98.5 cm³/mol. The van der Waals surface area contributed by atoms with Gasteiger partial charge in [-0.15, -0.1) is 0 Å². The Balaban J connectivity index is 1.87. The van der Waals surface area contributed by atoms with E-state index >= 15 is 0 Å². The smallest absolute Gasteiger partial charge is 0.339 e. The molecular formula is C19H24N4O2. The lowest BCUT2D eigenvalue weighted by molar-refractivity contribution is 0.0602. The van der Waals surface area contributed by atoms with Crippen LogP contribution in [0.15, 0.2) is 30.3 Å². The van der Waals surface area contributed by atoms with Crippen molar-refractivity contribution in [2.75, 3.05) is 30.4 Å². The Morgan fingerprint density at radius 3 is 2.56 bits per heavy atom. The van der Waals surface area contributed by atoms with E-state index in [4.69, 9.17) is 4.74 Å². The zero-order valence-electron chi connectivity index (χ0n) is 14.8. The Labute approximate surface area is 148 Å². The Bertz CT molecular complexity index is 740. The van der Waals surface area contributed by atoms with Crippen molar-refractivity contribution in [1.82, 2.24) is 9.97 Å². The highest BCUT2D eigenvalue weighted by atomic mass is 16.5. The van der Waals surface area contributed by atoms with E-state index in [-0.39, 0.29) is 5.97 Å². The summed E-state index contributed by atoms with van der Waals surface area (Å²) in [4.78, 5) is 23.5. The molecule has 2 heterocycles. The minimum atomic E-state index is -0.374. The molecule has 1 N–H and O–H groups in total. The van der Waals surface area contributed by atoms with Gasteiger partial charge in [0.25, 0.3) is 0 Å². The Kier molecular flexibility index (Phi) is 5.48. The van der Waals surface area contributed by atoms with Crippen LogP contribution < -0.4 is 10.2 Å². The third-order valence-electron chi connectivity index (χ3n) is 4.33. The van der Waals surface area contributed by atoms with Crippen molar-refractivity contribution >= 4 is 23.4 Å². The van der Waals surface area contributed by atoms with Gasteiger partial charge in [-0.25, -0.2) is 9.78 Å². The lowest BCUT2D eigenvalue weighted by atomic mass is 10.2. The van der Waals surface area contributed by atoms with Crippen molar-refractivity contribution in [2.24, 2.45) is 0 Å². The molecule has 0 saturated carbocycles. The number of aromatic nitrogens is 2. The first-order valence-corrected chi connectivity index (χ1v) is 8.72. The lowest BCUT2D eigenvalue weighted by Crippen LogP contribution is -2.26. The molecule has 1 aliphatic heterocycles. The number of para-hydroxylation sites is 1. The molecule has 132 valence electrons. The number of carbonyl (C=O) groups is 1. The first-order chi connectivity index (χ1) is 12.2. The molecule has 0 amide bonds. The predicted octanol–water partition coefficient (Wildman–Crippen LogP) is 3.70. The van der Waals surface area contributed by atoms with E-state index < -0.39 is 0 Å². The van der Waals surface area contributed by atoms with E-state index in [1.165, 1.54) is 32.8 Å². The second kappa shape index (κ2) is 7.96. The summed E-state index contributed by atoms with van der Waals surface area (Å²) in [5, 5.41) is 3.25. The van der Waals surface area contributed by atoms with Gasteiger partial charge in [-0.2, -0.15) is 4.98 Å². The molecule has 1 saturated heterocycles. The average molecular weight is 340 g/mol.